The maximum atomic E-state index is 12.2. The molecule has 2 rings (SSSR count). The van der Waals surface area contributed by atoms with Gasteiger partial charge in [0.25, 0.3) is 5.91 Å². The third-order valence-electron chi connectivity index (χ3n) is 3.84. The fourth-order valence-corrected chi connectivity index (χ4v) is 2.50. The van der Waals surface area contributed by atoms with Crippen molar-refractivity contribution in [2.24, 2.45) is 0 Å². The summed E-state index contributed by atoms with van der Waals surface area (Å²) in [6.45, 7) is 8.67. The molecule has 0 aliphatic rings. The number of hydrogen-bond acceptors (Lipinski definition) is 4. The lowest BCUT2D eigenvalue weighted by atomic mass is 9.87. The van der Waals surface area contributed by atoms with Gasteiger partial charge in [-0.05, 0) is 29.5 Å². The number of nitrogens with one attached hydrogen (secondary N) is 1. The van der Waals surface area contributed by atoms with Gasteiger partial charge in [0.15, 0.2) is 5.69 Å². The third kappa shape index (κ3) is 4.00. The molecule has 2 N–H and O–H groups in total. The highest BCUT2D eigenvalue weighted by Gasteiger charge is 2.20. The van der Waals surface area contributed by atoms with E-state index >= 15 is 0 Å². The highest BCUT2D eigenvalue weighted by Crippen LogP contribution is 2.24. The van der Waals surface area contributed by atoms with Gasteiger partial charge in [-0.1, -0.05) is 51.5 Å². The number of carbonyl (C=O) groups excluding carboxylic acids is 1. The van der Waals surface area contributed by atoms with Crippen LogP contribution < -0.4 is 5.32 Å². The van der Waals surface area contributed by atoms with Crippen LogP contribution in [-0.2, 0) is 11.8 Å². The van der Waals surface area contributed by atoms with E-state index in [9.17, 15) is 4.79 Å². The van der Waals surface area contributed by atoms with Gasteiger partial charge < -0.3 is 10.4 Å². The SMILES string of the molecule is CCCc1c(C(=O)NCCO)nnn1-c1ccc(C(C)(C)C)cc1. The molecule has 0 bridgehead atoms. The molecule has 0 saturated heterocycles. The van der Waals surface area contributed by atoms with Gasteiger partial charge in [-0.25, -0.2) is 4.68 Å². The Balaban J connectivity index is 2.36. The average Bonchev–Trinajstić information content (AvgIpc) is 2.96. The lowest BCUT2D eigenvalue weighted by Crippen LogP contribution is -2.27. The number of aliphatic hydroxyl groups excluding tert-OH is 1. The Labute approximate surface area is 142 Å². The number of hydrogen-bond donors (Lipinski definition) is 2. The van der Waals surface area contributed by atoms with E-state index in [1.165, 1.54) is 5.56 Å². The van der Waals surface area contributed by atoms with Gasteiger partial charge in [-0.2, -0.15) is 0 Å². The summed E-state index contributed by atoms with van der Waals surface area (Å²) in [4.78, 5) is 12.2. The molecular formula is C18H26N4O2. The zero-order chi connectivity index (χ0) is 17.7. The smallest absolute Gasteiger partial charge is 0.273 e. The van der Waals surface area contributed by atoms with Crippen LogP contribution in [0.3, 0.4) is 0 Å². The van der Waals surface area contributed by atoms with E-state index in [1.807, 2.05) is 12.1 Å². The minimum absolute atomic E-state index is 0.0858. The van der Waals surface area contributed by atoms with Gasteiger partial charge in [-0.15, -0.1) is 5.10 Å². The Hall–Kier alpha value is -2.21. The molecule has 2 aromatic rings. The Kier molecular flexibility index (Phi) is 5.72. The summed E-state index contributed by atoms with van der Waals surface area (Å²) >= 11 is 0. The number of aromatic nitrogens is 3. The first kappa shape index (κ1) is 18.1. The van der Waals surface area contributed by atoms with E-state index in [0.29, 0.717) is 12.1 Å². The molecular weight excluding hydrogens is 304 g/mol. The predicted octanol–water partition coefficient (Wildman–Crippen LogP) is 2.24. The molecule has 0 fully saturated rings. The highest BCUT2D eigenvalue weighted by atomic mass is 16.3. The molecule has 24 heavy (non-hydrogen) atoms. The van der Waals surface area contributed by atoms with Crippen molar-refractivity contribution in [3.63, 3.8) is 0 Å². The summed E-state index contributed by atoms with van der Waals surface area (Å²) in [6.07, 6.45) is 1.59. The van der Waals surface area contributed by atoms with Crippen molar-refractivity contribution >= 4 is 5.91 Å². The first-order valence-corrected chi connectivity index (χ1v) is 8.33. The van der Waals surface area contributed by atoms with Gasteiger partial charge in [0.05, 0.1) is 18.0 Å². The molecule has 0 aliphatic heterocycles. The van der Waals surface area contributed by atoms with Crippen LogP contribution in [0.4, 0.5) is 0 Å². The normalized spacial score (nSPS) is 11.5. The molecule has 0 aliphatic carbocycles. The number of aliphatic hydroxyl groups is 1. The van der Waals surface area contributed by atoms with Crippen molar-refractivity contribution in [3.05, 3.63) is 41.2 Å². The van der Waals surface area contributed by atoms with Crippen LogP contribution in [0.2, 0.25) is 0 Å². The molecule has 1 heterocycles. The van der Waals surface area contributed by atoms with Crippen molar-refractivity contribution in [2.45, 2.75) is 46.0 Å². The molecule has 130 valence electrons. The van der Waals surface area contributed by atoms with Crippen LogP contribution in [0, 0.1) is 0 Å². The Morgan fingerprint density at radius 1 is 1.25 bits per heavy atom. The van der Waals surface area contributed by atoms with Crippen LogP contribution in [0.5, 0.6) is 0 Å². The highest BCUT2D eigenvalue weighted by molar-refractivity contribution is 5.93. The maximum Gasteiger partial charge on any atom is 0.273 e. The summed E-state index contributed by atoms with van der Waals surface area (Å²) < 4.78 is 1.73. The van der Waals surface area contributed by atoms with Crippen molar-refractivity contribution in [2.75, 3.05) is 13.2 Å². The molecule has 0 atom stereocenters. The quantitative estimate of drug-likeness (QED) is 0.851. The first-order valence-electron chi connectivity index (χ1n) is 8.33. The van der Waals surface area contributed by atoms with Gasteiger partial charge in [0.1, 0.15) is 0 Å². The molecule has 0 spiro atoms. The lowest BCUT2D eigenvalue weighted by Gasteiger charge is -2.19. The summed E-state index contributed by atoms with van der Waals surface area (Å²) in [6, 6.07) is 8.17. The fraction of sp³-hybridized carbons (Fsp3) is 0.500. The summed E-state index contributed by atoms with van der Waals surface area (Å²) in [5.41, 5.74) is 3.33. The average molecular weight is 330 g/mol. The van der Waals surface area contributed by atoms with Crippen LogP contribution in [0.15, 0.2) is 24.3 Å². The lowest BCUT2D eigenvalue weighted by molar-refractivity contribution is 0.0938. The van der Waals surface area contributed by atoms with Crippen LogP contribution in [0.25, 0.3) is 5.69 Å². The Morgan fingerprint density at radius 3 is 2.46 bits per heavy atom. The molecule has 1 aromatic carbocycles. The van der Waals surface area contributed by atoms with Gasteiger partial charge >= 0.3 is 0 Å². The largest absolute Gasteiger partial charge is 0.395 e. The molecule has 0 saturated carbocycles. The van der Waals surface area contributed by atoms with E-state index in [4.69, 9.17) is 5.11 Å². The number of carbonyl (C=O) groups is 1. The Morgan fingerprint density at radius 2 is 1.92 bits per heavy atom. The van der Waals surface area contributed by atoms with Crippen LogP contribution >= 0.6 is 0 Å². The van der Waals surface area contributed by atoms with Crippen LogP contribution in [-0.4, -0.2) is 39.2 Å². The second-order valence-electron chi connectivity index (χ2n) is 6.82. The molecule has 1 amide bonds. The number of amides is 1. The second kappa shape index (κ2) is 7.57. The standard InChI is InChI=1S/C18H26N4O2/c1-5-6-15-16(17(24)19-11-12-23)20-21-22(15)14-9-7-13(8-10-14)18(2,3)4/h7-10,23H,5-6,11-12H2,1-4H3,(H,19,24). The minimum Gasteiger partial charge on any atom is -0.395 e. The molecule has 1 aromatic heterocycles. The summed E-state index contributed by atoms with van der Waals surface area (Å²) in [5.74, 6) is -0.301. The van der Waals surface area contributed by atoms with E-state index in [-0.39, 0.29) is 24.5 Å². The maximum absolute atomic E-state index is 12.2. The monoisotopic (exact) mass is 330 g/mol. The zero-order valence-corrected chi connectivity index (χ0v) is 14.8. The number of benzene rings is 1. The third-order valence-corrected chi connectivity index (χ3v) is 3.84. The van der Waals surface area contributed by atoms with Crippen LogP contribution in [0.1, 0.15) is 55.9 Å². The van der Waals surface area contributed by atoms with E-state index in [1.54, 1.807) is 4.68 Å². The Bertz CT molecular complexity index is 684. The molecule has 6 nitrogen and oxygen atoms in total. The van der Waals surface area contributed by atoms with Crippen molar-refractivity contribution in [3.8, 4) is 5.69 Å². The van der Waals surface area contributed by atoms with Crippen molar-refractivity contribution in [1.29, 1.82) is 0 Å². The molecule has 0 unspecified atom stereocenters. The topological polar surface area (TPSA) is 80.0 Å². The fourth-order valence-electron chi connectivity index (χ4n) is 2.50. The second-order valence-corrected chi connectivity index (χ2v) is 6.82. The van der Waals surface area contributed by atoms with Gasteiger partial charge in [0, 0.05) is 6.54 Å². The van der Waals surface area contributed by atoms with E-state index in [0.717, 1.165) is 17.8 Å². The number of rotatable bonds is 6. The summed E-state index contributed by atoms with van der Waals surface area (Å²) in [5, 5.41) is 19.7. The first-order chi connectivity index (χ1) is 11.4. The van der Waals surface area contributed by atoms with Crippen molar-refractivity contribution in [1.82, 2.24) is 20.3 Å². The summed E-state index contributed by atoms with van der Waals surface area (Å²) in [7, 11) is 0. The predicted molar refractivity (Wildman–Crippen MR) is 93.5 cm³/mol. The molecule has 0 radical (unpaired) electrons. The van der Waals surface area contributed by atoms with Gasteiger partial charge in [-0.3, -0.25) is 4.79 Å². The zero-order valence-electron chi connectivity index (χ0n) is 14.8. The molecule has 6 heteroatoms. The van der Waals surface area contributed by atoms with E-state index < -0.39 is 0 Å². The minimum atomic E-state index is -0.301. The van der Waals surface area contributed by atoms with Crippen molar-refractivity contribution < 1.29 is 9.90 Å². The van der Waals surface area contributed by atoms with E-state index in [2.05, 4.69) is 55.5 Å². The number of nitrogens with zero attached hydrogens (tertiary/aromatic N) is 3. The van der Waals surface area contributed by atoms with Gasteiger partial charge in [0.2, 0.25) is 0 Å².